The average molecular weight is 757 g/mol. The molecule has 0 spiro atoms. The molecule has 2 amide bonds. The van der Waals surface area contributed by atoms with Gasteiger partial charge in [-0.2, -0.15) is 0 Å². The Labute approximate surface area is 329 Å². The normalized spacial score (nSPS) is 12.4. The molecule has 4 N–H and O–H groups in total. The molecule has 1 aromatic heterocycles. The third kappa shape index (κ3) is 12.0. The zero-order chi connectivity index (χ0) is 40.1. The number of aromatic hydroxyl groups is 1. The molecular weight excluding hydrogens is 705 g/mol. The smallest absolute Gasteiger partial charge is 0.326 e. The number of phenols is 1. The van der Waals surface area contributed by atoms with Gasteiger partial charge >= 0.3 is 5.97 Å². The minimum Gasteiger partial charge on any atom is -0.508 e. The molecule has 0 saturated carbocycles. The predicted molar refractivity (Wildman–Crippen MR) is 219 cm³/mol. The first-order chi connectivity index (χ1) is 26.9. The standard InChI is InChI=1S/C46H52N4O6/c1-5-6-7-8-9-26-56-39-24-18-33(19-25-39)36-29-47-42(48-30-36)34-14-10-31(11-15-34)27-40(49-43(52)35-16-20-37(21-17-35)46(2,3)4)44(53)50-41(45(54)55)28-32-12-22-38(51)23-13-32/h10-25,29-30,40-41,51H,5-9,26-28H2,1-4H3,(H,49,52)(H,50,53)(H,54,55)/t40-,41-/m0/s1. The maximum Gasteiger partial charge on any atom is 0.326 e. The molecule has 4 aromatic carbocycles. The molecule has 0 fully saturated rings. The highest BCUT2D eigenvalue weighted by Crippen LogP contribution is 2.25. The molecule has 0 bridgehead atoms. The topological polar surface area (TPSA) is 151 Å². The largest absolute Gasteiger partial charge is 0.508 e. The Morgan fingerprint density at radius 2 is 1.25 bits per heavy atom. The number of hydrogen-bond acceptors (Lipinski definition) is 7. The van der Waals surface area contributed by atoms with Gasteiger partial charge in [0.25, 0.3) is 5.91 Å². The summed E-state index contributed by atoms with van der Waals surface area (Å²) in [6.07, 6.45) is 9.61. The molecule has 0 unspecified atom stereocenters. The van der Waals surface area contributed by atoms with Crippen LogP contribution in [0.3, 0.4) is 0 Å². The number of nitrogens with one attached hydrogen (secondary N) is 2. The van der Waals surface area contributed by atoms with Crippen molar-refractivity contribution in [3.63, 3.8) is 0 Å². The van der Waals surface area contributed by atoms with E-state index in [0.29, 0.717) is 23.6 Å². The monoisotopic (exact) mass is 756 g/mol. The van der Waals surface area contributed by atoms with Crippen LogP contribution in [0.2, 0.25) is 0 Å². The number of carbonyl (C=O) groups excluding carboxylic acids is 2. The number of aromatic nitrogens is 2. The number of ether oxygens (including phenoxy) is 1. The Morgan fingerprint density at radius 1 is 0.679 bits per heavy atom. The number of benzene rings is 4. The van der Waals surface area contributed by atoms with Crippen molar-refractivity contribution in [2.45, 2.75) is 90.1 Å². The highest BCUT2D eigenvalue weighted by Gasteiger charge is 2.28. The van der Waals surface area contributed by atoms with Crippen LogP contribution in [0.1, 0.15) is 86.8 Å². The number of nitrogens with zero attached hydrogens (tertiary/aromatic N) is 2. The van der Waals surface area contributed by atoms with Gasteiger partial charge in [-0.25, -0.2) is 14.8 Å². The lowest BCUT2D eigenvalue weighted by molar-refractivity contribution is -0.142. The van der Waals surface area contributed by atoms with Crippen LogP contribution in [0.25, 0.3) is 22.5 Å². The van der Waals surface area contributed by atoms with E-state index >= 15 is 0 Å². The van der Waals surface area contributed by atoms with E-state index in [9.17, 15) is 24.6 Å². The van der Waals surface area contributed by atoms with Gasteiger partial charge in [-0.3, -0.25) is 9.59 Å². The van der Waals surface area contributed by atoms with Crippen LogP contribution in [0, 0.1) is 0 Å². The van der Waals surface area contributed by atoms with Gasteiger partial charge in [-0.1, -0.05) is 114 Å². The fourth-order valence-electron chi connectivity index (χ4n) is 6.20. The third-order valence-electron chi connectivity index (χ3n) is 9.63. The Balaban J connectivity index is 1.27. The van der Waals surface area contributed by atoms with Crippen molar-refractivity contribution < 1.29 is 29.3 Å². The Hall–Kier alpha value is -6.03. The lowest BCUT2D eigenvalue weighted by Crippen LogP contribution is -2.53. The molecule has 2 atom stereocenters. The summed E-state index contributed by atoms with van der Waals surface area (Å²) in [5, 5.41) is 25.1. The number of phenolic OH excluding ortho intramolecular Hbond substituents is 1. The number of carbonyl (C=O) groups is 3. The van der Waals surface area contributed by atoms with E-state index in [1.54, 1.807) is 36.7 Å². The maximum absolute atomic E-state index is 13.7. The SMILES string of the molecule is CCCCCCCOc1ccc(-c2cnc(-c3ccc(C[C@H](NC(=O)c4ccc(C(C)(C)C)cc4)C(=O)N[C@@H](Cc4ccc(O)cc4)C(=O)O)cc3)nc2)cc1. The zero-order valence-electron chi connectivity index (χ0n) is 32.6. The number of rotatable bonds is 18. The van der Waals surface area contributed by atoms with Gasteiger partial charge in [0.15, 0.2) is 5.82 Å². The summed E-state index contributed by atoms with van der Waals surface area (Å²) < 4.78 is 5.90. The lowest BCUT2D eigenvalue weighted by atomic mass is 9.86. The summed E-state index contributed by atoms with van der Waals surface area (Å²) in [6, 6.07) is 26.3. The molecule has 1 heterocycles. The second-order valence-corrected chi connectivity index (χ2v) is 15.1. The summed E-state index contributed by atoms with van der Waals surface area (Å²) in [4.78, 5) is 48.7. The van der Waals surface area contributed by atoms with Crippen molar-refractivity contribution >= 4 is 17.8 Å². The van der Waals surface area contributed by atoms with E-state index in [0.717, 1.165) is 40.0 Å². The fraction of sp³-hybridized carbons (Fsp3) is 0.326. The Morgan fingerprint density at radius 3 is 1.84 bits per heavy atom. The van der Waals surface area contributed by atoms with Gasteiger partial charge in [0.05, 0.1) is 6.61 Å². The van der Waals surface area contributed by atoms with Crippen molar-refractivity contribution in [3.05, 3.63) is 132 Å². The van der Waals surface area contributed by atoms with Crippen LogP contribution in [-0.2, 0) is 27.8 Å². The van der Waals surface area contributed by atoms with Crippen LogP contribution in [-0.4, -0.2) is 56.7 Å². The molecule has 292 valence electrons. The maximum atomic E-state index is 13.7. The Bertz CT molecular complexity index is 2020. The summed E-state index contributed by atoms with van der Waals surface area (Å²) >= 11 is 0. The first-order valence-electron chi connectivity index (χ1n) is 19.3. The molecule has 0 aliphatic heterocycles. The van der Waals surface area contributed by atoms with Gasteiger partial charge in [-0.05, 0) is 70.5 Å². The molecule has 0 aliphatic carbocycles. The van der Waals surface area contributed by atoms with Crippen LogP contribution in [0.15, 0.2) is 109 Å². The number of hydrogen-bond donors (Lipinski definition) is 4. The van der Waals surface area contributed by atoms with Crippen LogP contribution in [0.5, 0.6) is 11.5 Å². The van der Waals surface area contributed by atoms with Gasteiger partial charge in [0, 0.05) is 41.9 Å². The van der Waals surface area contributed by atoms with E-state index in [-0.39, 0.29) is 24.0 Å². The van der Waals surface area contributed by atoms with Crippen molar-refractivity contribution in [2.24, 2.45) is 0 Å². The summed E-state index contributed by atoms with van der Waals surface area (Å²) in [5.74, 6) is -0.899. The quantitative estimate of drug-likeness (QED) is 0.0652. The molecule has 5 aromatic rings. The molecule has 5 rings (SSSR count). The lowest BCUT2D eigenvalue weighted by Gasteiger charge is -2.22. The molecule has 0 radical (unpaired) electrons. The average Bonchev–Trinajstić information content (AvgIpc) is 3.19. The summed E-state index contributed by atoms with van der Waals surface area (Å²) in [5.41, 5.74) is 5.31. The van der Waals surface area contributed by atoms with E-state index in [1.807, 2.05) is 60.7 Å². The second kappa shape index (κ2) is 19.5. The van der Waals surface area contributed by atoms with Gasteiger partial charge in [0.2, 0.25) is 5.91 Å². The molecule has 10 nitrogen and oxygen atoms in total. The van der Waals surface area contributed by atoms with Crippen molar-refractivity contribution in [1.29, 1.82) is 0 Å². The fourth-order valence-corrected chi connectivity index (χ4v) is 6.20. The van der Waals surface area contributed by atoms with Gasteiger partial charge in [-0.15, -0.1) is 0 Å². The summed E-state index contributed by atoms with van der Waals surface area (Å²) in [6.45, 7) is 9.17. The van der Waals surface area contributed by atoms with Crippen molar-refractivity contribution in [2.75, 3.05) is 6.61 Å². The first kappa shape index (κ1) is 41.1. The second-order valence-electron chi connectivity index (χ2n) is 15.1. The minimum absolute atomic E-state index is 0.0112. The number of aliphatic carboxylic acids is 1. The van der Waals surface area contributed by atoms with Gasteiger partial charge in [0.1, 0.15) is 23.6 Å². The number of unbranched alkanes of at least 4 members (excludes halogenated alkanes) is 4. The van der Waals surface area contributed by atoms with E-state index in [1.165, 1.54) is 37.8 Å². The van der Waals surface area contributed by atoms with Crippen molar-refractivity contribution in [1.82, 2.24) is 20.6 Å². The highest BCUT2D eigenvalue weighted by atomic mass is 16.5. The molecular formula is C46H52N4O6. The highest BCUT2D eigenvalue weighted by molar-refractivity contribution is 5.98. The first-order valence-corrected chi connectivity index (χ1v) is 19.3. The minimum atomic E-state index is -1.27. The molecule has 56 heavy (non-hydrogen) atoms. The number of carboxylic acids is 1. The van der Waals surface area contributed by atoms with Crippen LogP contribution in [0.4, 0.5) is 0 Å². The van der Waals surface area contributed by atoms with Crippen LogP contribution < -0.4 is 15.4 Å². The molecule has 0 saturated heterocycles. The third-order valence-corrected chi connectivity index (χ3v) is 9.63. The number of carboxylic acid groups (broad SMARTS) is 1. The van der Waals surface area contributed by atoms with Crippen molar-refractivity contribution in [3.8, 4) is 34.0 Å². The number of amides is 2. The van der Waals surface area contributed by atoms with Gasteiger partial charge < -0.3 is 25.6 Å². The molecule has 10 heteroatoms. The van der Waals surface area contributed by atoms with E-state index in [4.69, 9.17) is 4.74 Å². The predicted octanol–water partition coefficient (Wildman–Crippen LogP) is 8.32. The summed E-state index contributed by atoms with van der Waals surface area (Å²) in [7, 11) is 0. The van der Waals surface area contributed by atoms with Crippen LogP contribution >= 0.6 is 0 Å². The zero-order valence-corrected chi connectivity index (χ0v) is 32.6. The molecule has 0 aliphatic rings. The Kier molecular flexibility index (Phi) is 14.3. The van der Waals surface area contributed by atoms with E-state index < -0.39 is 29.9 Å². The van der Waals surface area contributed by atoms with E-state index in [2.05, 4.69) is 48.3 Å².